The summed E-state index contributed by atoms with van der Waals surface area (Å²) in [4.78, 5) is 15.1. The van der Waals surface area contributed by atoms with E-state index in [2.05, 4.69) is 4.98 Å². The van der Waals surface area contributed by atoms with E-state index in [1.807, 2.05) is 0 Å². The van der Waals surface area contributed by atoms with Gasteiger partial charge in [0.1, 0.15) is 18.3 Å². The number of nitrogens with zero attached hydrogens (tertiary/aromatic N) is 2. The van der Waals surface area contributed by atoms with Crippen molar-refractivity contribution in [1.29, 1.82) is 0 Å². The molecule has 2 heterocycles. The maximum absolute atomic E-state index is 11.6. The van der Waals surface area contributed by atoms with Gasteiger partial charge in [-0.25, -0.2) is 4.79 Å². The molecule has 1 aliphatic heterocycles. The molecule has 1 unspecified atom stereocenters. The van der Waals surface area contributed by atoms with Crippen molar-refractivity contribution >= 4 is 5.82 Å². The fourth-order valence-electron chi connectivity index (χ4n) is 1.78. The predicted molar refractivity (Wildman–Crippen MR) is 56.9 cm³/mol. The van der Waals surface area contributed by atoms with Gasteiger partial charge in [0.15, 0.2) is 12.0 Å². The van der Waals surface area contributed by atoms with E-state index >= 15 is 0 Å². The quantitative estimate of drug-likeness (QED) is 0.381. The zero-order valence-corrected chi connectivity index (χ0v) is 9.17. The first-order chi connectivity index (χ1) is 8.58. The molecule has 0 bridgehead atoms. The number of hydrogen-bond acceptors (Lipinski definition) is 8. The molecule has 1 aliphatic rings. The third kappa shape index (κ3) is 2.09. The van der Waals surface area contributed by atoms with Crippen LogP contribution < -0.4 is 11.2 Å². The number of hydrogen-bond donors (Lipinski definition) is 5. The highest BCUT2D eigenvalue weighted by atomic mass is 16.6. The molecular formula is C9H13N3O6. The summed E-state index contributed by atoms with van der Waals surface area (Å²) in [6.45, 7) is -0.479. The van der Waals surface area contributed by atoms with E-state index in [0.29, 0.717) is 0 Å². The SMILES string of the molecule is O=c1nc(NO)ccn1[C@H]1O[C@@H](CO)[C@@H](O)C1O. The molecule has 1 aromatic heterocycles. The van der Waals surface area contributed by atoms with Gasteiger partial charge in [0.25, 0.3) is 0 Å². The smallest absolute Gasteiger partial charge is 0.351 e. The first-order valence-corrected chi connectivity index (χ1v) is 5.20. The Labute approximate surface area is 101 Å². The lowest BCUT2D eigenvalue weighted by molar-refractivity contribution is -0.0549. The van der Waals surface area contributed by atoms with Crippen molar-refractivity contribution in [3.8, 4) is 0 Å². The molecule has 1 fully saturated rings. The van der Waals surface area contributed by atoms with Crippen LogP contribution in [-0.2, 0) is 4.74 Å². The Morgan fingerprint density at radius 2 is 2.17 bits per heavy atom. The van der Waals surface area contributed by atoms with Gasteiger partial charge in [-0.3, -0.25) is 15.3 Å². The molecule has 0 aliphatic carbocycles. The molecule has 2 rings (SSSR count). The van der Waals surface area contributed by atoms with Crippen LogP contribution >= 0.6 is 0 Å². The van der Waals surface area contributed by atoms with Gasteiger partial charge in [-0.1, -0.05) is 0 Å². The van der Waals surface area contributed by atoms with E-state index in [9.17, 15) is 15.0 Å². The molecule has 1 aromatic rings. The Balaban J connectivity index is 2.30. The number of aromatic nitrogens is 2. The monoisotopic (exact) mass is 259 g/mol. The van der Waals surface area contributed by atoms with E-state index in [0.717, 1.165) is 4.57 Å². The predicted octanol–water partition coefficient (Wildman–Crippen LogP) is -2.34. The summed E-state index contributed by atoms with van der Waals surface area (Å²) in [5, 5.41) is 36.8. The number of aliphatic hydroxyl groups is 3. The lowest BCUT2D eigenvalue weighted by Gasteiger charge is -2.16. The summed E-state index contributed by atoms with van der Waals surface area (Å²) in [6.07, 6.45) is -3.50. The molecule has 0 radical (unpaired) electrons. The second kappa shape index (κ2) is 5.00. The van der Waals surface area contributed by atoms with Gasteiger partial charge >= 0.3 is 5.69 Å². The van der Waals surface area contributed by atoms with Gasteiger partial charge in [0.2, 0.25) is 0 Å². The molecule has 0 spiro atoms. The molecule has 4 atom stereocenters. The minimum Gasteiger partial charge on any atom is -0.394 e. The van der Waals surface area contributed by atoms with Crippen LogP contribution in [0.1, 0.15) is 6.23 Å². The average Bonchev–Trinajstić information content (AvgIpc) is 2.66. The van der Waals surface area contributed by atoms with Crippen molar-refractivity contribution < 1.29 is 25.3 Å². The van der Waals surface area contributed by atoms with Crippen molar-refractivity contribution in [3.05, 3.63) is 22.7 Å². The van der Waals surface area contributed by atoms with Crippen molar-refractivity contribution in [3.63, 3.8) is 0 Å². The Morgan fingerprint density at radius 3 is 2.67 bits per heavy atom. The fraction of sp³-hybridized carbons (Fsp3) is 0.556. The van der Waals surface area contributed by atoms with Crippen molar-refractivity contribution in [2.45, 2.75) is 24.5 Å². The first-order valence-electron chi connectivity index (χ1n) is 5.20. The average molecular weight is 259 g/mol. The van der Waals surface area contributed by atoms with Crippen LogP contribution in [0, 0.1) is 0 Å². The Bertz CT molecular complexity index is 478. The number of anilines is 1. The van der Waals surface area contributed by atoms with Gasteiger partial charge in [0.05, 0.1) is 6.61 Å². The van der Waals surface area contributed by atoms with E-state index in [1.54, 1.807) is 5.48 Å². The topological polar surface area (TPSA) is 137 Å². The summed E-state index contributed by atoms with van der Waals surface area (Å²) >= 11 is 0. The van der Waals surface area contributed by atoms with E-state index in [1.165, 1.54) is 12.3 Å². The zero-order valence-electron chi connectivity index (χ0n) is 9.17. The maximum Gasteiger partial charge on any atom is 0.351 e. The Hall–Kier alpha value is -1.52. The molecule has 9 heteroatoms. The molecule has 5 N–H and O–H groups in total. The molecule has 18 heavy (non-hydrogen) atoms. The third-order valence-electron chi connectivity index (χ3n) is 2.74. The fourth-order valence-corrected chi connectivity index (χ4v) is 1.78. The third-order valence-corrected chi connectivity index (χ3v) is 2.74. The molecule has 9 nitrogen and oxygen atoms in total. The molecule has 100 valence electrons. The standard InChI is InChI=1S/C9H13N3O6/c13-3-4-6(14)7(15)8(18-4)12-2-1-5(11-17)10-9(12)16/h1-2,4,6-8,13-15,17H,3H2,(H,10,11,16)/t4-,6+,7?,8-/m0/s1. The first kappa shape index (κ1) is 12.9. The number of aliphatic hydroxyl groups excluding tert-OH is 3. The van der Waals surface area contributed by atoms with E-state index < -0.39 is 36.8 Å². The zero-order chi connectivity index (χ0) is 13.3. The molecule has 0 aromatic carbocycles. The van der Waals surface area contributed by atoms with Crippen LogP contribution in [0.25, 0.3) is 0 Å². The van der Waals surface area contributed by atoms with E-state index in [4.69, 9.17) is 15.1 Å². The lowest BCUT2D eigenvalue weighted by atomic mass is 10.1. The molecule has 1 saturated heterocycles. The van der Waals surface area contributed by atoms with Crippen LogP contribution in [0.4, 0.5) is 5.82 Å². The van der Waals surface area contributed by atoms with Gasteiger partial charge < -0.3 is 20.1 Å². The summed E-state index contributed by atoms with van der Waals surface area (Å²) in [5.74, 6) is -0.0528. The molecular weight excluding hydrogens is 246 g/mol. The molecule has 0 amide bonds. The minimum absolute atomic E-state index is 0.0528. The summed E-state index contributed by atoms with van der Waals surface area (Å²) in [6, 6.07) is 1.29. The highest BCUT2D eigenvalue weighted by Gasteiger charge is 2.43. The summed E-state index contributed by atoms with van der Waals surface area (Å²) < 4.78 is 6.13. The highest BCUT2D eigenvalue weighted by molar-refractivity contribution is 5.28. The Morgan fingerprint density at radius 1 is 1.44 bits per heavy atom. The van der Waals surface area contributed by atoms with Gasteiger partial charge in [-0.05, 0) is 6.07 Å². The van der Waals surface area contributed by atoms with Gasteiger partial charge in [-0.15, -0.1) is 0 Å². The second-order valence-electron chi connectivity index (χ2n) is 3.84. The summed E-state index contributed by atoms with van der Waals surface area (Å²) in [7, 11) is 0. The van der Waals surface area contributed by atoms with Crippen molar-refractivity contribution in [2.75, 3.05) is 12.1 Å². The normalized spacial score (nSPS) is 31.6. The van der Waals surface area contributed by atoms with Crippen LogP contribution in [0.3, 0.4) is 0 Å². The van der Waals surface area contributed by atoms with Gasteiger partial charge in [-0.2, -0.15) is 4.98 Å². The van der Waals surface area contributed by atoms with Crippen molar-refractivity contribution in [1.82, 2.24) is 9.55 Å². The van der Waals surface area contributed by atoms with Crippen LogP contribution in [-0.4, -0.2) is 55.0 Å². The van der Waals surface area contributed by atoms with Crippen LogP contribution in [0.2, 0.25) is 0 Å². The lowest BCUT2D eigenvalue weighted by Crippen LogP contribution is -2.36. The number of nitrogens with one attached hydrogen (secondary N) is 1. The number of rotatable bonds is 3. The summed E-state index contributed by atoms with van der Waals surface area (Å²) in [5.41, 5.74) is 0.934. The van der Waals surface area contributed by atoms with Crippen molar-refractivity contribution in [2.24, 2.45) is 0 Å². The second-order valence-corrected chi connectivity index (χ2v) is 3.84. The van der Waals surface area contributed by atoms with Crippen LogP contribution in [0.5, 0.6) is 0 Å². The maximum atomic E-state index is 11.6. The van der Waals surface area contributed by atoms with Gasteiger partial charge in [0, 0.05) is 6.20 Å². The number of ether oxygens (including phenoxy) is 1. The molecule has 0 saturated carbocycles. The minimum atomic E-state index is -1.35. The van der Waals surface area contributed by atoms with Crippen LogP contribution in [0.15, 0.2) is 17.1 Å². The largest absolute Gasteiger partial charge is 0.394 e. The highest BCUT2D eigenvalue weighted by Crippen LogP contribution is 2.27. The Kier molecular flexibility index (Phi) is 3.59. The van der Waals surface area contributed by atoms with E-state index in [-0.39, 0.29) is 5.82 Å².